The molecule has 9 nitrogen and oxygen atoms in total. The molecule has 2 aromatic rings. The van der Waals surface area contributed by atoms with Gasteiger partial charge in [-0.15, -0.1) is 0 Å². The summed E-state index contributed by atoms with van der Waals surface area (Å²) in [7, 11) is 0. The Morgan fingerprint density at radius 2 is 1.94 bits per heavy atom. The maximum atomic E-state index is 13.1. The largest absolute Gasteiger partial charge is 0.503 e. The molecule has 2 amide bonds. The van der Waals surface area contributed by atoms with E-state index < -0.39 is 23.5 Å². The van der Waals surface area contributed by atoms with Crippen LogP contribution in [0.25, 0.3) is 0 Å². The van der Waals surface area contributed by atoms with Gasteiger partial charge in [-0.2, -0.15) is 0 Å². The van der Waals surface area contributed by atoms with Crippen molar-refractivity contribution in [3.8, 4) is 0 Å². The second-order valence-electron chi connectivity index (χ2n) is 7.38. The summed E-state index contributed by atoms with van der Waals surface area (Å²) in [6.07, 6.45) is 5.14. The molecule has 0 bridgehead atoms. The fourth-order valence-electron chi connectivity index (χ4n) is 4.19. The van der Waals surface area contributed by atoms with Gasteiger partial charge in [-0.1, -0.05) is 0 Å². The smallest absolute Gasteiger partial charge is 0.409 e. The normalized spacial score (nSPS) is 19.8. The highest BCUT2D eigenvalue weighted by Gasteiger charge is 2.47. The van der Waals surface area contributed by atoms with E-state index in [4.69, 9.17) is 9.15 Å². The maximum absolute atomic E-state index is 13.1. The van der Waals surface area contributed by atoms with Crippen molar-refractivity contribution in [3.05, 3.63) is 65.6 Å². The Labute approximate surface area is 178 Å². The van der Waals surface area contributed by atoms with Gasteiger partial charge in [0, 0.05) is 31.5 Å². The minimum Gasteiger partial charge on any atom is -0.503 e. The fourth-order valence-corrected chi connectivity index (χ4v) is 4.19. The number of ketones is 1. The quantitative estimate of drug-likeness (QED) is 0.733. The number of likely N-dealkylation sites (tertiary alicyclic amines) is 1. The lowest BCUT2D eigenvalue weighted by molar-refractivity contribution is -0.132. The molecule has 0 spiro atoms. The molecule has 0 aromatic carbocycles. The first-order chi connectivity index (χ1) is 15.0. The number of furan rings is 1. The van der Waals surface area contributed by atoms with Gasteiger partial charge in [0.25, 0.3) is 5.91 Å². The van der Waals surface area contributed by atoms with Crippen LogP contribution in [-0.2, 0) is 9.53 Å². The number of ether oxygens (including phenoxy) is 1. The molecule has 1 fully saturated rings. The van der Waals surface area contributed by atoms with Crippen LogP contribution >= 0.6 is 0 Å². The van der Waals surface area contributed by atoms with Crippen molar-refractivity contribution >= 4 is 17.8 Å². The lowest BCUT2D eigenvalue weighted by atomic mass is 9.93. The van der Waals surface area contributed by atoms with Crippen molar-refractivity contribution in [1.29, 1.82) is 0 Å². The fraction of sp³-hybridized carbons (Fsp3) is 0.364. The highest BCUT2D eigenvalue weighted by Crippen LogP contribution is 2.41. The summed E-state index contributed by atoms with van der Waals surface area (Å²) in [6, 6.07) is 5.47. The lowest BCUT2D eigenvalue weighted by Crippen LogP contribution is -2.48. The zero-order valence-corrected chi connectivity index (χ0v) is 17.1. The molecule has 1 saturated heterocycles. The van der Waals surface area contributed by atoms with Gasteiger partial charge in [0.2, 0.25) is 5.78 Å². The van der Waals surface area contributed by atoms with Crippen LogP contribution in [0.4, 0.5) is 4.79 Å². The molecule has 31 heavy (non-hydrogen) atoms. The Kier molecular flexibility index (Phi) is 5.75. The van der Waals surface area contributed by atoms with E-state index in [2.05, 4.69) is 4.98 Å². The molecule has 2 aromatic heterocycles. The molecule has 4 rings (SSSR count). The third-order valence-electron chi connectivity index (χ3n) is 5.64. The first-order valence-corrected chi connectivity index (χ1v) is 10.2. The number of pyridine rings is 1. The molecule has 1 atom stereocenters. The average molecular weight is 425 g/mol. The van der Waals surface area contributed by atoms with Crippen molar-refractivity contribution in [2.45, 2.75) is 31.8 Å². The lowest BCUT2D eigenvalue weighted by Gasteiger charge is -2.39. The molecular formula is C22H23N3O6. The van der Waals surface area contributed by atoms with Gasteiger partial charge >= 0.3 is 6.09 Å². The second-order valence-corrected chi connectivity index (χ2v) is 7.38. The number of hydrogen-bond donors (Lipinski definition) is 1. The first kappa shape index (κ1) is 20.6. The number of Topliss-reactive ketones (excluding diaryl/α,β-unsaturated/α-hetero) is 1. The van der Waals surface area contributed by atoms with Crippen molar-refractivity contribution in [3.63, 3.8) is 0 Å². The minimum absolute atomic E-state index is 0.0148. The molecule has 1 N–H and O–H groups in total. The van der Waals surface area contributed by atoms with Gasteiger partial charge in [-0.25, -0.2) is 4.79 Å². The zero-order valence-electron chi connectivity index (χ0n) is 17.1. The monoisotopic (exact) mass is 425 g/mol. The SMILES string of the molecule is CCOC(=O)N1CCC(N2C(=O)C(O)=C(C(=O)c3ccco3)C2c2ccncc2)CC1. The van der Waals surface area contributed by atoms with E-state index in [0.29, 0.717) is 38.1 Å². The van der Waals surface area contributed by atoms with E-state index in [1.54, 1.807) is 47.3 Å². The van der Waals surface area contributed by atoms with Crippen LogP contribution in [0.1, 0.15) is 41.9 Å². The van der Waals surface area contributed by atoms with Gasteiger partial charge in [0.05, 0.1) is 24.5 Å². The second kappa shape index (κ2) is 8.63. The van der Waals surface area contributed by atoms with E-state index in [1.807, 2.05) is 0 Å². The van der Waals surface area contributed by atoms with Crippen LogP contribution in [0.15, 0.2) is 58.7 Å². The van der Waals surface area contributed by atoms with Gasteiger partial charge in [0.1, 0.15) is 0 Å². The van der Waals surface area contributed by atoms with Crippen molar-refractivity contribution in [2.75, 3.05) is 19.7 Å². The van der Waals surface area contributed by atoms with Gasteiger partial charge in [-0.3, -0.25) is 14.6 Å². The molecule has 2 aliphatic heterocycles. The number of hydrogen-bond acceptors (Lipinski definition) is 7. The third-order valence-corrected chi connectivity index (χ3v) is 5.64. The van der Waals surface area contributed by atoms with Crippen molar-refractivity contribution in [1.82, 2.24) is 14.8 Å². The van der Waals surface area contributed by atoms with E-state index in [9.17, 15) is 19.5 Å². The summed E-state index contributed by atoms with van der Waals surface area (Å²) in [5.41, 5.74) is 0.647. The molecule has 1 unspecified atom stereocenters. The van der Waals surface area contributed by atoms with Gasteiger partial charge in [0.15, 0.2) is 11.5 Å². The summed E-state index contributed by atoms with van der Waals surface area (Å²) in [6.45, 7) is 2.87. The summed E-state index contributed by atoms with van der Waals surface area (Å²) in [5.74, 6) is -1.67. The summed E-state index contributed by atoms with van der Waals surface area (Å²) < 4.78 is 10.3. The molecule has 0 saturated carbocycles. The minimum atomic E-state index is -0.771. The molecule has 4 heterocycles. The number of piperidine rings is 1. The summed E-state index contributed by atoms with van der Waals surface area (Å²) >= 11 is 0. The number of aliphatic hydroxyl groups is 1. The van der Waals surface area contributed by atoms with Crippen LogP contribution in [0.5, 0.6) is 0 Å². The van der Waals surface area contributed by atoms with E-state index in [-0.39, 0.29) is 23.5 Å². The zero-order chi connectivity index (χ0) is 22.0. The standard InChI is InChI=1S/C22H23N3O6/c1-2-30-22(29)24-11-7-15(8-12-24)25-18(14-5-9-23-10-6-14)17(20(27)21(25)28)19(26)16-4-3-13-31-16/h3-6,9-10,13,15,18,27H,2,7-8,11-12H2,1H3. The van der Waals surface area contributed by atoms with Crippen molar-refractivity contribution in [2.24, 2.45) is 0 Å². The van der Waals surface area contributed by atoms with Crippen LogP contribution in [-0.4, -0.2) is 63.4 Å². The average Bonchev–Trinajstić information content (AvgIpc) is 3.42. The van der Waals surface area contributed by atoms with Crippen molar-refractivity contribution < 1.29 is 28.6 Å². The van der Waals surface area contributed by atoms with E-state index in [1.165, 1.54) is 12.3 Å². The number of aliphatic hydroxyl groups excluding tert-OH is 1. The Morgan fingerprint density at radius 3 is 2.55 bits per heavy atom. The Balaban J connectivity index is 1.64. The number of carbonyl (C=O) groups excluding carboxylic acids is 3. The number of carbonyl (C=O) groups is 3. The predicted molar refractivity (Wildman–Crippen MR) is 108 cm³/mol. The summed E-state index contributed by atoms with van der Waals surface area (Å²) in [5, 5.41) is 10.7. The highest BCUT2D eigenvalue weighted by atomic mass is 16.6. The molecule has 162 valence electrons. The topological polar surface area (TPSA) is 113 Å². The predicted octanol–water partition coefficient (Wildman–Crippen LogP) is 2.87. The molecular weight excluding hydrogens is 402 g/mol. The molecule has 9 heteroatoms. The number of amides is 2. The Morgan fingerprint density at radius 1 is 1.23 bits per heavy atom. The molecule has 2 aliphatic rings. The van der Waals surface area contributed by atoms with Crippen LogP contribution in [0.3, 0.4) is 0 Å². The Bertz CT molecular complexity index is 994. The maximum Gasteiger partial charge on any atom is 0.409 e. The highest BCUT2D eigenvalue weighted by molar-refractivity contribution is 6.15. The third kappa shape index (κ3) is 3.78. The molecule has 0 radical (unpaired) electrons. The van der Waals surface area contributed by atoms with E-state index in [0.717, 1.165) is 0 Å². The number of nitrogens with zero attached hydrogens (tertiary/aromatic N) is 3. The first-order valence-electron chi connectivity index (χ1n) is 10.2. The Hall–Kier alpha value is -3.62. The van der Waals surface area contributed by atoms with E-state index >= 15 is 0 Å². The van der Waals surface area contributed by atoms with Crippen LogP contribution in [0.2, 0.25) is 0 Å². The van der Waals surface area contributed by atoms with Gasteiger partial charge in [-0.05, 0) is 49.6 Å². The number of rotatable bonds is 5. The van der Waals surface area contributed by atoms with Gasteiger partial charge < -0.3 is 24.1 Å². The van der Waals surface area contributed by atoms with Crippen LogP contribution < -0.4 is 0 Å². The summed E-state index contributed by atoms with van der Waals surface area (Å²) in [4.78, 5) is 45.4. The molecule has 0 aliphatic carbocycles. The number of aromatic nitrogens is 1. The van der Waals surface area contributed by atoms with Crippen LogP contribution in [0, 0.1) is 0 Å².